The minimum absolute atomic E-state index is 0.0321. The summed E-state index contributed by atoms with van der Waals surface area (Å²) in [4.78, 5) is 13.3. The van der Waals surface area contributed by atoms with Crippen LogP contribution in [0.4, 0.5) is 0 Å². The number of terminal acetylenes is 1. The van der Waals surface area contributed by atoms with Gasteiger partial charge in [0.05, 0.1) is 18.0 Å². The molecule has 1 rings (SSSR count). The van der Waals surface area contributed by atoms with E-state index in [1.165, 1.54) is 24.3 Å². The average molecular weight is 333 g/mol. The van der Waals surface area contributed by atoms with Gasteiger partial charge < -0.3 is 9.64 Å². The zero-order valence-electron chi connectivity index (χ0n) is 13.1. The van der Waals surface area contributed by atoms with Crippen LogP contribution in [-0.4, -0.2) is 39.5 Å². The van der Waals surface area contributed by atoms with Crippen LogP contribution in [0, 0.1) is 12.3 Å². The number of ether oxygens (including phenoxy) is 1. The fraction of sp³-hybridized carbons (Fsp3) is 0.235. The highest BCUT2D eigenvalue weighted by Crippen LogP contribution is 2.20. The van der Waals surface area contributed by atoms with Crippen molar-refractivity contribution in [2.24, 2.45) is 0 Å². The Balaban J connectivity index is 3.21. The third-order valence-corrected chi connectivity index (χ3v) is 4.52. The van der Waals surface area contributed by atoms with Crippen molar-refractivity contribution in [1.82, 2.24) is 4.90 Å². The minimum atomic E-state index is -3.96. The predicted octanol–water partition coefficient (Wildman–Crippen LogP) is 1.99. The molecule has 0 aliphatic carbocycles. The van der Waals surface area contributed by atoms with E-state index in [2.05, 4.69) is 5.92 Å². The van der Waals surface area contributed by atoms with Crippen molar-refractivity contribution >= 4 is 15.8 Å². The Hall–Kier alpha value is -2.52. The maximum absolute atomic E-state index is 12.6. The molecule has 5 nitrogen and oxygen atoms in total. The number of benzene rings is 1. The number of hydrogen-bond acceptors (Lipinski definition) is 5. The molecule has 6 heteroatoms. The van der Waals surface area contributed by atoms with Gasteiger partial charge in [0.15, 0.2) is 4.91 Å². The van der Waals surface area contributed by atoms with Crippen molar-refractivity contribution in [3.05, 3.63) is 53.6 Å². The molecule has 0 bridgehead atoms. The number of carbonyl (C=O) groups is 1. The Morgan fingerprint density at radius 3 is 2.57 bits per heavy atom. The van der Waals surface area contributed by atoms with Crippen molar-refractivity contribution in [2.45, 2.75) is 11.8 Å². The number of esters is 1. The first-order valence-corrected chi connectivity index (χ1v) is 8.41. The summed E-state index contributed by atoms with van der Waals surface area (Å²) in [6.45, 7) is 2.06. The molecule has 0 radical (unpaired) electrons. The number of allylic oxidation sites excluding steroid dienone is 2. The van der Waals surface area contributed by atoms with E-state index in [1.807, 2.05) is 0 Å². The van der Waals surface area contributed by atoms with Crippen molar-refractivity contribution in [3.8, 4) is 12.3 Å². The fourth-order valence-corrected chi connectivity index (χ4v) is 2.98. The summed E-state index contributed by atoms with van der Waals surface area (Å²) >= 11 is 0. The van der Waals surface area contributed by atoms with E-state index in [0.29, 0.717) is 6.54 Å². The summed E-state index contributed by atoms with van der Waals surface area (Å²) in [5, 5.41) is 0. The first kappa shape index (κ1) is 18.5. The Morgan fingerprint density at radius 2 is 2.00 bits per heavy atom. The molecule has 0 saturated heterocycles. The molecule has 23 heavy (non-hydrogen) atoms. The quantitative estimate of drug-likeness (QED) is 0.330. The third-order valence-electron chi connectivity index (χ3n) is 2.75. The molecule has 0 N–H and O–H groups in total. The van der Waals surface area contributed by atoms with Gasteiger partial charge in [-0.15, -0.1) is 6.42 Å². The van der Waals surface area contributed by atoms with Crippen LogP contribution in [0.25, 0.3) is 0 Å². The van der Waals surface area contributed by atoms with Gasteiger partial charge in [-0.2, -0.15) is 0 Å². The van der Waals surface area contributed by atoms with Crippen LogP contribution in [-0.2, 0) is 19.4 Å². The lowest BCUT2D eigenvalue weighted by Crippen LogP contribution is -2.17. The summed E-state index contributed by atoms with van der Waals surface area (Å²) in [6, 6.07) is 7.73. The first-order chi connectivity index (χ1) is 10.9. The van der Waals surface area contributed by atoms with Crippen LogP contribution >= 0.6 is 0 Å². The number of hydrogen-bond donors (Lipinski definition) is 0. The molecule has 0 amide bonds. The normalized spacial score (nSPS) is 12.0. The van der Waals surface area contributed by atoms with Gasteiger partial charge in [-0.05, 0) is 37.4 Å². The van der Waals surface area contributed by atoms with Gasteiger partial charge in [-0.3, -0.25) is 0 Å². The van der Waals surface area contributed by atoms with Crippen molar-refractivity contribution in [1.29, 1.82) is 0 Å². The SMILES string of the molecule is C#CCN(C)C=CC=C(C(=O)OCC)S(=O)(=O)c1ccccc1. The second-order valence-corrected chi connectivity index (χ2v) is 6.45. The molecule has 0 fully saturated rings. The zero-order chi connectivity index (χ0) is 17.3. The second kappa shape index (κ2) is 8.81. The van der Waals surface area contributed by atoms with Crippen molar-refractivity contribution in [3.63, 3.8) is 0 Å². The molecule has 1 aromatic carbocycles. The topological polar surface area (TPSA) is 63.7 Å². The Labute approximate surface area is 137 Å². The maximum atomic E-state index is 12.6. The van der Waals surface area contributed by atoms with Gasteiger partial charge in [0.25, 0.3) is 0 Å². The lowest BCUT2D eigenvalue weighted by molar-refractivity contribution is -0.137. The molecular weight excluding hydrogens is 314 g/mol. The molecule has 122 valence electrons. The summed E-state index contributed by atoms with van der Waals surface area (Å²) in [5.41, 5.74) is 0. The monoisotopic (exact) mass is 333 g/mol. The van der Waals surface area contributed by atoms with Gasteiger partial charge in [0, 0.05) is 7.05 Å². The van der Waals surface area contributed by atoms with E-state index < -0.39 is 20.7 Å². The Kier molecular flexibility index (Phi) is 7.10. The molecule has 0 aliphatic heterocycles. The van der Waals surface area contributed by atoms with E-state index in [9.17, 15) is 13.2 Å². The predicted molar refractivity (Wildman–Crippen MR) is 88.9 cm³/mol. The van der Waals surface area contributed by atoms with Crippen molar-refractivity contribution < 1.29 is 17.9 Å². The van der Waals surface area contributed by atoms with Gasteiger partial charge in [-0.25, -0.2) is 13.2 Å². The van der Waals surface area contributed by atoms with Crippen LogP contribution in [0.2, 0.25) is 0 Å². The third kappa shape index (κ3) is 5.31. The van der Waals surface area contributed by atoms with E-state index >= 15 is 0 Å². The van der Waals surface area contributed by atoms with Gasteiger partial charge in [0.1, 0.15) is 0 Å². The molecule has 0 aliphatic rings. The molecule has 0 spiro atoms. The number of carbonyl (C=O) groups excluding carboxylic acids is 1. The summed E-state index contributed by atoms with van der Waals surface area (Å²) in [6.07, 6.45) is 9.43. The molecule has 0 heterocycles. The molecule has 1 aromatic rings. The Morgan fingerprint density at radius 1 is 1.35 bits per heavy atom. The van der Waals surface area contributed by atoms with Gasteiger partial charge in [0.2, 0.25) is 9.84 Å². The lowest BCUT2D eigenvalue weighted by atomic mass is 10.4. The minimum Gasteiger partial charge on any atom is -0.462 e. The summed E-state index contributed by atoms with van der Waals surface area (Å²) in [7, 11) is -2.22. The highest BCUT2D eigenvalue weighted by molar-refractivity contribution is 7.96. The molecule has 0 saturated carbocycles. The Bertz CT molecular complexity index is 728. The molecule has 0 atom stereocenters. The smallest absolute Gasteiger partial charge is 0.350 e. The molecular formula is C17H19NO4S. The largest absolute Gasteiger partial charge is 0.462 e. The number of nitrogens with zero attached hydrogens (tertiary/aromatic N) is 1. The average Bonchev–Trinajstić information content (AvgIpc) is 2.52. The highest BCUT2D eigenvalue weighted by Gasteiger charge is 2.27. The van der Waals surface area contributed by atoms with E-state index in [1.54, 1.807) is 43.3 Å². The molecule has 0 aromatic heterocycles. The number of rotatable bonds is 7. The van der Waals surface area contributed by atoms with Gasteiger partial charge in [-0.1, -0.05) is 24.1 Å². The fourth-order valence-electron chi connectivity index (χ4n) is 1.67. The zero-order valence-corrected chi connectivity index (χ0v) is 13.9. The number of sulfone groups is 1. The maximum Gasteiger partial charge on any atom is 0.350 e. The standard InChI is InChI=1S/C17H19NO4S/c1-4-13-18(3)14-9-12-16(17(19)22-5-2)23(20,21)15-10-7-6-8-11-15/h1,6-12,14H,5,13H2,2-3H3. The second-order valence-electron chi connectivity index (χ2n) is 4.53. The molecule has 0 unspecified atom stereocenters. The first-order valence-electron chi connectivity index (χ1n) is 6.93. The summed E-state index contributed by atoms with van der Waals surface area (Å²) < 4.78 is 30.1. The highest BCUT2D eigenvalue weighted by atomic mass is 32.2. The van der Waals surface area contributed by atoms with Gasteiger partial charge >= 0.3 is 5.97 Å². The van der Waals surface area contributed by atoms with Crippen LogP contribution in [0.5, 0.6) is 0 Å². The van der Waals surface area contributed by atoms with Crippen LogP contribution < -0.4 is 0 Å². The van der Waals surface area contributed by atoms with E-state index in [4.69, 9.17) is 11.2 Å². The van der Waals surface area contributed by atoms with Crippen molar-refractivity contribution in [2.75, 3.05) is 20.2 Å². The lowest BCUT2D eigenvalue weighted by Gasteiger charge is -2.09. The van der Waals surface area contributed by atoms with Crippen LogP contribution in [0.1, 0.15) is 6.92 Å². The van der Waals surface area contributed by atoms with E-state index in [-0.39, 0.29) is 11.5 Å². The van der Waals surface area contributed by atoms with Crippen LogP contribution in [0.3, 0.4) is 0 Å². The summed E-state index contributed by atoms with van der Waals surface area (Å²) in [5.74, 6) is 1.56. The van der Waals surface area contributed by atoms with Crippen LogP contribution in [0.15, 0.2) is 58.5 Å². The van der Waals surface area contributed by atoms with E-state index in [0.717, 1.165) is 0 Å².